The van der Waals surface area contributed by atoms with E-state index in [1.165, 1.54) is 10.7 Å². The van der Waals surface area contributed by atoms with E-state index in [0.29, 0.717) is 15.7 Å². The topological polar surface area (TPSA) is 67.0 Å². The molecule has 0 radical (unpaired) electrons. The zero-order valence-corrected chi connectivity index (χ0v) is 15.4. The highest BCUT2D eigenvalue weighted by Crippen LogP contribution is 2.61. The van der Waals surface area contributed by atoms with Gasteiger partial charge < -0.3 is 4.74 Å². The quantitative estimate of drug-likeness (QED) is 0.367. The van der Waals surface area contributed by atoms with Crippen molar-refractivity contribution in [3.8, 4) is 5.40 Å². The molecule has 4 rings (SSSR count). The minimum absolute atomic E-state index is 0.105. The first-order chi connectivity index (χ1) is 13.0. The van der Waals surface area contributed by atoms with Gasteiger partial charge in [0.25, 0.3) is 0 Å². The largest absolute Gasteiger partial charge is 0.347 e. The molecule has 2 heterocycles. The zero-order valence-electron chi connectivity index (χ0n) is 13.9. The average molecular weight is 405 g/mol. The molecule has 1 aliphatic heterocycles. The summed E-state index contributed by atoms with van der Waals surface area (Å²) in [5.74, 6) is -1.29. The molecule has 0 N–H and O–H groups in total. The molecule has 3 aromatic rings. The molecule has 27 heavy (non-hydrogen) atoms. The molecular formula is C18H11ClF2N4OS. The first kappa shape index (κ1) is 17.9. The molecule has 1 saturated heterocycles. The summed E-state index contributed by atoms with van der Waals surface area (Å²) in [7, 11) is 1.62. The number of thioether (sulfide) groups is 1. The molecule has 0 aliphatic carbocycles. The van der Waals surface area contributed by atoms with Crippen LogP contribution in [0.3, 0.4) is 0 Å². The van der Waals surface area contributed by atoms with Crippen LogP contribution in [-0.4, -0.2) is 14.8 Å². The van der Waals surface area contributed by atoms with Crippen molar-refractivity contribution in [2.24, 2.45) is 7.05 Å². The van der Waals surface area contributed by atoms with Gasteiger partial charge in [-0.3, -0.25) is 0 Å². The number of aromatic nitrogens is 3. The molecule has 1 fully saturated rings. The Labute approximate surface area is 162 Å². The van der Waals surface area contributed by atoms with Crippen molar-refractivity contribution in [2.75, 3.05) is 0 Å². The predicted octanol–water partition coefficient (Wildman–Crippen LogP) is 4.33. The Balaban J connectivity index is 1.89. The van der Waals surface area contributed by atoms with Crippen LogP contribution in [0.4, 0.5) is 8.78 Å². The summed E-state index contributed by atoms with van der Waals surface area (Å²) in [4.78, 5) is 4.34. The maximum absolute atomic E-state index is 14.6. The summed E-state index contributed by atoms with van der Waals surface area (Å²) in [6.45, 7) is 0. The molecule has 0 bridgehead atoms. The number of halogens is 3. The number of benzene rings is 2. The van der Waals surface area contributed by atoms with Crippen molar-refractivity contribution in [3.63, 3.8) is 0 Å². The molecule has 136 valence electrons. The Morgan fingerprint density at radius 3 is 2.78 bits per heavy atom. The highest BCUT2D eigenvalue weighted by molar-refractivity contribution is 8.03. The highest BCUT2D eigenvalue weighted by Gasteiger charge is 2.64. The molecule has 0 saturated carbocycles. The van der Waals surface area contributed by atoms with E-state index in [2.05, 4.69) is 10.1 Å². The summed E-state index contributed by atoms with van der Waals surface area (Å²) in [6.07, 6.45) is -0.645. The van der Waals surface area contributed by atoms with Gasteiger partial charge in [0.2, 0.25) is 5.16 Å². The van der Waals surface area contributed by atoms with E-state index in [1.54, 1.807) is 31.3 Å². The smallest absolute Gasteiger partial charge is 0.201 e. The summed E-state index contributed by atoms with van der Waals surface area (Å²) in [5, 5.41) is 15.9. The fourth-order valence-corrected chi connectivity index (χ4v) is 3.69. The van der Waals surface area contributed by atoms with Crippen molar-refractivity contribution in [1.29, 1.82) is 5.26 Å². The second-order valence-corrected chi connectivity index (χ2v) is 7.07. The van der Waals surface area contributed by atoms with Gasteiger partial charge in [0.15, 0.2) is 11.4 Å². The Hall–Kier alpha value is -2.47. The second-order valence-electron chi connectivity index (χ2n) is 5.91. The third-order valence-electron chi connectivity index (χ3n) is 4.33. The van der Waals surface area contributed by atoms with Crippen LogP contribution in [0.5, 0.6) is 0 Å². The summed E-state index contributed by atoms with van der Waals surface area (Å²) < 4.78 is 35.4. The maximum atomic E-state index is 14.6. The monoisotopic (exact) mass is 404 g/mol. The van der Waals surface area contributed by atoms with E-state index >= 15 is 0 Å². The summed E-state index contributed by atoms with van der Waals surface area (Å²) >= 11 is 7.11. The van der Waals surface area contributed by atoms with Crippen molar-refractivity contribution in [3.05, 3.63) is 76.1 Å². The van der Waals surface area contributed by atoms with Gasteiger partial charge in [0.05, 0.1) is 0 Å². The zero-order chi connectivity index (χ0) is 19.2. The molecule has 1 aromatic heterocycles. The van der Waals surface area contributed by atoms with E-state index in [9.17, 15) is 8.78 Å². The predicted molar refractivity (Wildman–Crippen MR) is 94.9 cm³/mol. The Morgan fingerprint density at radius 1 is 1.30 bits per heavy atom. The lowest BCUT2D eigenvalue weighted by Crippen LogP contribution is -2.17. The van der Waals surface area contributed by atoms with E-state index in [1.807, 2.05) is 5.40 Å². The van der Waals surface area contributed by atoms with Crippen molar-refractivity contribution in [2.45, 2.75) is 16.9 Å². The molecule has 5 nitrogen and oxygen atoms in total. The second kappa shape index (κ2) is 6.60. The molecule has 1 aliphatic rings. The van der Waals surface area contributed by atoms with Gasteiger partial charge in [-0.1, -0.05) is 29.8 Å². The van der Waals surface area contributed by atoms with Crippen molar-refractivity contribution >= 4 is 23.4 Å². The first-order valence-electron chi connectivity index (χ1n) is 7.82. The lowest BCUT2D eigenvalue weighted by Gasteiger charge is -2.12. The molecule has 0 spiro atoms. The fraction of sp³-hybridized carbons (Fsp3) is 0.167. The summed E-state index contributed by atoms with van der Waals surface area (Å²) in [5.41, 5.74) is -0.604. The lowest BCUT2D eigenvalue weighted by atomic mass is 9.90. The van der Waals surface area contributed by atoms with Crippen LogP contribution in [0.25, 0.3) is 0 Å². The number of rotatable bonds is 4. The van der Waals surface area contributed by atoms with Crippen LogP contribution in [0.15, 0.2) is 47.6 Å². The van der Waals surface area contributed by atoms with E-state index < -0.39 is 23.3 Å². The molecule has 0 amide bonds. The summed E-state index contributed by atoms with van der Waals surface area (Å²) in [6, 6.07) is 10.3. The van der Waals surface area contributed by atoms with Crippen LogP contribution in [-0.2, 0) is 17.4 Å². The number of hydrogen-bond acceptors (Lipinski definition) is 5. The molecule has 2 atom stereocenters. The van der Waals surface area contributed by atoms with Crippen molar-refractivity contribution < 1.29 is 13.5 Å². The van der Waals surface area contributed by atoms with Gasteiger partial charge in [-0.25, -0.2) is 18.4 Å². The minimum Gasteiger partial charge on any atom is -0.347 e. The number of thiocyanates is 1. The molecule has 2 aromatic carbocycles. The molecule has 9 heteroatoms. The molecule has 0 unspecified atom stereocenters. The van der Waals surface area contributed by atoms with Crippen LogP contribution in [0, 0.1) is 22.3 Å². The molecular weight excluding hydrogens is 394 g/mol. The SMILES string of the molecule is Cn1nc([C@@]2(c3ccc(F)cc3F)O[C@@H]2c2ccccc2Cl)nc1SC#N. The Morgan fingerprint density at radius 2 is 2.07 bits per heavy atom. The highest BCUT2D eigenvalue weighted by atomic mass is 35.5. The number of epoxide rings is 1. The van der Waals surface area contributed by atoms with Gasteiger partial charge in [-0.15, -0.1) is 0 Å². The maximum Gasteiger partial charge on any atom is 0.201 e. The minimum atomic E-state index is -1.35. The van der Waals surface area contributed by atoms with Gasteiger partial charge in [0.1, 0.15) is 23.1 Å². The Bertz CT molecular complexity index is 1080. The Kier molecular flexibility index (Phi) is 4.38. The number of nitriles is 1. The third kappa shape index (κ3) is 2.88. The van der Waals surface area contributed by atoms with Crippen LogP contribution < -0.4 is 0 Å². The van der Waals surface area contributed by atoms with Crippen LogP contribution >= 0.6 is 23.4 Å². The van der Waals surface area contributed by atoms with Gasteiger partial charge in [0, 0.05) is 41.0 Å². The number of hydrogen-bond donors (Lipinski definition) is 0. The van der Waals surface area contributed by atoms with Gasteiger partial charge >= 0.3 is 0 Å². The third-order valence-corrected chi connectivity index (χ3v) is 5.30. The van der Waals surface area contributed by atoms with Crippen molar-refractivity contribution in [1.82, 2.24) is 14.8 Å². The first-order valence-corrected chi connectivity index (χ1v) is 9.02. The van der Waals surface area contributed by atoms with E-state index in [4.69, 9.17) is 21.6 Å². The number of nitrogens with zero attached hydrogens (tertiary/aromatic N) is 4. The van der Waals surface area contributed by atoms with E-state index in [0.717, 1.165) is 23.9 Å². The number of ether oxygens (including phenoxy) is 1. The normalized spacial score (nSPS) is 21.1. The van der Waals surface area contributed by atoms with Crippen LogP contribution in [0.1, 0.15) is 23.1 Å². The van der Waals surface area contributed by atoms with E-state index in [-0.39, 0.29) is 11.4 Å². The fourth-order valence-electron chi connectivity index (χ4n) is 3.07. The van der Waals surface area contributed by atoms with Crippen LogP contribution in [0.2, 0.25) is 5.02 Å². The van der Waals surface area contributed by atoms with Gasteiger partial charge in [-0.2, -0.15) is 10.4 Å². The standard InChI is InChI=1S/C18H11ClF2N4OS/c1-25-17(27-9-22)23-16(24-25)18(12-7-6-10(20)8-14(12)21)15(26-18)11-4-2-3-5-13(11)19/h2-8,15H,1H3/t15-,18+/m1/s1. The average Bonchev–Trinajstić information content (AvgIpc) is 3.26. The lowest BCUT2D eigenvalue weighted by molar-refractivity contribution is 0.313. The van der Waals surface area contributed by atoms with Gasteiger partial charge in [-0.05, 0) is 18.2 Å². The number of aryl methyl sites for hydroxylation is 1.